The normalized spacial score (nSPS) is 14.5. The van der Waals surface area contributed by atoms with Gasteiger partial charge in [-0.15, -0.1) is 0 Å². The maximum Gasteiger partial charge on any atom is 0.472 e. The summed E-state index contributed by atoms with van der Waals surface area (Å²) in [6, 6.07) is 0. The molecule has 6 atom stereocenters. The van der Waals surface area contributed by atoms with Crippen molar-refractivity contribution in [3.8, 4) is 0 Å². The van der Waals surface area contributed by atoms with Gasteiger partial charge < -0.3 is 33.8 Å². The number of phosphoric acid groups is 2. The van der Waals surface area contributed by atoms with E-state index in [2.05, 4.69) is 55.4 Å². The average molecular weight is 1350 g/mol. The van der Waals surface area contributed by atoms with Gasteiger partial charge in [0, 0.05) is 25.7 Å². The number of rotatable bonds is 70. The van der Waals surface area contributed by atoms with E-state index in [1.165, 1.54) is 167 Å². The van der Waals surface area contributed by atoms with Crippen molar-refractivity contribution in [3.05, 3.63) is 0 Å². The van der Waals surface area contributed by atoms with Crippen LogP contribution in [0.2, 0.25) is 0 Å². The van der Waals surface area contributed by atoms with E-state index >= 15 is 0 Å². The Bertz CT molecular complexity index is 1820. The highest BCUT2D eigenvalue weighted by atomic mass is 31.2. The quantitative estimate of drug-likeness (QED) is 0.0222. The molecule has 0 bridgehead atoms. The number of unbranched alkanes of at least 4 members (excludes halogenated alkanes) is 35. The zero-order valence-corrected chi connectivity index (χ0v) is 62.0. The predicted molar refractivity (Wildman–Crippen MR) is 372 cm³/mol. The molecule has 17 nitrogen and oxygen atoms in total. The maximum absolute atomic E-state index is 13.1. The zero-order chi connectivity index (χ0) is 68.2. The standard InChI is InChI=1S/C73H142O17P2/c1-9-66(8)52-44-36-28-19-14-16-22-32-40-48-56-73(78)89-68(59-83-70(75)53-45-37-29-20-12-10-11-17-25-33-41-49-63(2)3)61-87-91(79,80)85-57-67(74)58-86-92(81,82)88-62-69(60-84-71(76)54-46-38-30-24-23-27-35-43-51-65(6)7)90-72(77)55-47-39-31-21-15-13-18-26-34-42-50-64(4)5/h63-69,74H,9-62H2,1-8H3,(H,79,80)(H,81,82)/t66?,67?,68-,69-/m1/s1. The van der Waals surface area contributed by atoms with E-state index in [1.54, 1.807) is 0 Å². The molecule has 0 amide bonds. The van der Waals surface area contributed by atoms with Gasteiger partial charge in [0.2, 0.25) is 0 Å². The highest BCUT2D eigenvalue weighted by Gasteiger charge is 2.30. The van der Waals surface area contributed by atoms with Crippen molar-refractivity contribution in [1.82, 2.24) is 0 Å². The van der Waals surface area contributed by atoms with E-state index in [4.69, 9.17) is 37.0 Å². The van der Waals surface area contributed by atoms with Gasteiger partial charge in [-0.1, -0.05) is 312 Å². The first-order chi connectivity index (χ1) is 44.1. The van der Waals surface area contributed by atoms with Gasteiger partial charge in [0.25, 0.3) is 0 Å². The average Bonchev–Trinajstić information content (AvgIpc) is 2.92. The molecule has 0 fully saturated rings. The molecule has 3 N–H and O–H groups in total. The lowest BCUT2D eigenvalue weighted by atomic mass is 9.99. The molecule has 0 heterocycles. The van der Waals surface area contributed by atoms with Crippen LogP contribution in [0.25, 0.3) is 0 Å². The number of aliphatic hydroxyl groups is 1. The Morgan fingerprint density at radius 1 is 0.304 bits per heavy atom. The van der Waals surface area contributed by atoms with Gasteiger partial charge in [0.05, 0.1) is 26.4 Å². The number of aliphatic hydroxyl groups excluding tert-OH is 1. The monoisotopic (exact) mass is 1350 g/mol. The minimum absolute atomic E-state index is 0.105. The number of carbonyl (C=O) groups excluding carboxylic acids is 4. The van der Waals surface area contributed by atoms with Crippen LogP contribution in [0.4, 0.5) is 0 Å². The van der Waals surface area contributed by atoms with Crippen molar-refractivity contribution in [2.45, 2.75) is 382 Å². The van der Waals surface area contributed by atoms with E-state index in [0.29, 0.717) is 25.7 Å². The predicted octanol–water partition coefficient (Wildman–Crippen LogP) is 20.9. The third kappa shape index (κ3) is 65.4. The molecule has 0 aromatic heterocycles. The fraction of sp³-hybridized carbons (Fsp3) is 0.945. The van der Waals surface area contributed by atoms with Crippen LogP contribution >= 0.6 is 15.6 Å². The van der Waals surface area contributed by atoms with Crippen LogP contribution in [0.1, 0.15) is 364 Å². The van der Waals surface area contributed by atoms with Gasteiger partial charge in [-0.3, -0.25) is 37.3 Å². The minimum Gasteiger partial charge on any atom is -0.462 e. The fourth-order valence-corrected chi connectivity index (χ4v) is 12.6. The SMILES string of the molecule is CCC(C)CCCCCCCCCCCCC(=O)O[C@H](COC(=O)CCCCCCCCCCCCCC(C)C)COP(=O)(O)OCC(O)COP(=O)(O)OC[C@@H](COC(=O)CCCCCCCCCCC(C)C)OC(=O)CCCCCCCCCCCCC(C)C. The van der Waals surface area contributed by atoms with Gasteiger partial charge >= 0.3 is 39.5 Å². The lowest BCUT2D eigenvalue weighted by Crippen LogP contribution is -2.30. The molecular formula is C73H142O17P2. The lowest BCUT2D eigenvalue weighted by molar-refractivity contribution is -0.161. The molecule has 0 spiro atoms. The molecule has 0 aliphatic carbocycles. The van der Waals surface area contributed by atoms with Crippen molar-refractivity contribution >= 4 is 39.5 Å². The first-order valence-corrected chi connectivity index (χ1v) is 40.7. The first-order valence-electron chi connectivity index (χ1n) is 37.7. The first kappa shape index (κ1) is 90.1. The van der Waals surface area contributed by atoms with Gasteiger partial charge in [-0.2, -0.15) is 0 Å². The van der Waals surface area contributed by atoms with Crippen molar-refractivity contribution in [2.24, 2.45) is 23.7 Å². The largest absolute Gasteiger partial charge is 0.472 e. The third-order valence-corrected chi connectivity index (χ3v) is 19.1. The Morgan fingerprint density at radius 3 is 0.772 bits per heavy atom. The summed E-state index contributed by atoms with van der Waals surface area (Å²) in [5, 5.41) is 10.6. The second kappa shape index (κ2) is 62.6. The molecule has 546 valence electrons. The molecular weight excluding hydrogens is 1210 g/mol. The summed E-state index contributed by atoms with van der Waals surface area (Å²) >= 11 is 0. The van der Waals surface area contributed by atoms with E-state index in [9.17, 15) is 43.2 Å². The number of esters is 4. The number of ether oxygens (including phenoxy) is 4. The molecule has 4 unspecified atom stereocenters. The van der Waals surface area contributed by atoms with Crippen LogP contribution in [0.3, 0.4) is 0 Å². The second-order valence-electron chi connectivity index (χ2n) is 28.0. The van der Waals surface area contributed by atoms with Gasteiger partial charge in [-0.05, 0) is 49.4 Å². The minimum atomic E-state index is -4.96. The highest BCUT2D eigenvalue weighted by Crippen LogP contribution is 2.45. The van der Waals surface area contributed by atoms with Crippen molar-refractivity contribution in [1.29, 1.82) is 0 Å². The van der Waals surface area contributed by atoms with Gasteiger partial charge in [-0.25, -0.2) is 9.13 Å². The second-order valence-corrected chi connectivity index (χ2v) is 30.9. The summed E-state index contributed by atoms with van der Waals surface area (Å²) in [7, 11) is -9.91. The van der Waals surface area contributed by atoms with Crippen molar-refractivity contribution in [3.63, 3.8) is 0 Å². The van der Waals surface area contributed by atoms with Crippen molar-refractivity contribution in [2.75, 3.05) is 39.6 Å². The number of hydrogen-bond donors (Lipinski definition) is 3. The molecule has 92 heavy (non-hydrogen) atoms. The number of hydrogen-bond acceptors (Lipinski definition) is 15. The Morgan fingerprint density at radius 2 is 0.522 bits per heavy atom. The zero-order valence-electron chi connectivity index (χ0n) is 60.2. The molecule has 0 saturated heterocycles. The molecule has 19 heteroatoms. The maximum atomic E-state index is 13.1. The van der Waals surface area contributed by atoms with Gasteiger partial charge in [0.15, 0.2) is 12.2 Å². The van der Waals surface area contributed by atoms with Crippen LogP contribution in [-0.2, 0) is 65.4 Å². The number of phosphoric ester groups is 2. The summed E-state index contributed by atoms with van der Waals surface area (Å²) < 4.78 is 68.4. The smallest absolute Gasteiger partial charge is 0.462 e. The topological polar surface area (TPSA) is 237 Å². The Kier molecular flexibility index (Phi) is 61.3. The Balaban J connectivity index is 5.28. The molecule has 0 aliphatic heterocycles. The molecule has 0 aliphatic rings. The summed E-state index contributed by atoms with van der Waals surface area (Å²) in [6.45, 7) is 14.2. The molecule has 0 aromatic carbocycles. The van der Waals surface area contributed by atoms with Crippen LogP contribution in [-0.4, -0.2) is 96.7 Å². The lowest BCUT2D eigenvalue weighted by Gasteiger charge is -2.21. The number of carbonyl (C=O) groups is 4. The van der Waals surface area contributed by atoms with Crippen LogP contribution < -0.4 is 0 Å². The van der Waals surface area contributed by atoms with Crippen LogP contribution in [0.5, 0.6) is 0 Å². The Labute approximate surface area is 562 Å². The fourth-order valence-electron chi connectivity index (χ4n) is 11.0. The summed E-state index contributed by atoms with van der Waals surface area (Å²) in [4.78, 5) is 72.7. The van der Waals surface area contributed by atoms with Crippen LogP contribution in [0, 0.1) is 23.7 Å². The van der Waals surface area contributed by atoms with E-state index in [1.807, 2.05) is 0 Å². The van der Waals surface area contributed by atoms with E-state index in [0.717, 1.165) is 114 Å². The van der Waals surface area contributed by atoms with E-state index in [-0.39, 0.29) is 25.7 Å². The Hall–Kier alpha value is -1.94. The van der Waals surface area contributed by atoms with Gasteiger partial charge in [0.1, 0.15) is 19.3 Å². The molecule has 0 aromatic rings. The summed E-state index contributed by atoms with van der Waals surface area (Å²) in [6.07, 6.45) is 45.7. The summed E-state index contributed by atoms with van der Waals surface area (Å²) in [5.74, 6) is 0.928. The van der Waals surface area contributed by atoms with E-state index < -0.39 is 97.5 Å². The van der Waals surface area contributed by atoms with Crippen molar-refractivity contribution < 1.29 is 80.2 Å². The summed E-state index contributed by atoms with van der Waals surface area (Å²) in [5.41, 5.74) is 0. The molecule has 0 saturated carbocycles. The molecule has 0 radical (unpaired) electrons. The molecule has 0 rings (SSSR count). The van der Waals surface area contributed by atoms with Crippen LogP contribution in [0.15, 0.2) is 0 Å². The third-order valence-electron chi connectivity index (χ3n) is 17.2. The highest BCUT2D eigenvalue weighted by molar-refractivity contribution is 7.47.